The van der Waals surface area contributed by atoms with Crippen LogP contribution in [0.5, 0.6) is 11.5 Å². The van der Waals surface area contributed by atoms with Crippen LogP contribution in [0, 0.1) is 0 Å². The van der Waals surface area contributed by atoms with Crippen molar-refractivity contribution in [3.05, 3.63) is 52.5 Å². The van der Waals surface area contributed by atoms with Gasteiger partial charge >= 0.3 is 0 Å². The molecule has 2 aromatic carbocycles. The van der Waals surface area contributed by atoms with Crippen molar-refractivity contribution in [2.24, 2.45) is 0 Å². The predicted molar refractivity (Wildman–Crippen MR) is 118 cm³/mol. The smallest absolute Gasteiger partial charge is 0.253 e. The summed E-state index contributed by atoms with van der Waals surface area (Å²) in [5.41, 5.74) is 1.87. The highest BCUT2D eigenvalue weighted by atomic mass is 35.5. The van der Waals surface area contributed by atoms with Gasteiger partial charge in [-0.1, -0.05) is 17.7 Å². The van der Waals surface area contributed by atoms with Gasteiger partial charge in [0.05, 0.1) is 30.5 Å². The maximum absolute atomic E-state index is 13.1. The van der Waals surface area contributed by atoms with Gasteiger partial charge in [0.2, 0.25) is 5.91 Å². The lowest BCUT2D eigenvalue weighted by atomic mass is 10.1. The minimum atomic E-state index is -0.273. The molecule has 0 spiro atoms. The molecule has 6 nitrogen and oxygen atoms in total. The predicted octanol–water partition coefficient (Wildman–Crippen LogP) is 4.76. The Bertz CT molecular complexity index is 931. The molecule has 2 aromatic rings. The number of nitrogens with one attached hydrogen (secondary N) is 1. The molecule has 0 bridgehead atoms. The third-order valence-corrected chi connectivity index (χ3v) is 5.22. The number of ether oxygens (including phenoxy) is 2. The second-order valence-electron chi connectivity index (χ2n) is 7.08. The molecule has 1 unspecified atom stereocenters. The normalized spacial score (nSPS) is 14.5. The number of carbonyl (C=O) groups is 2. The van der Waals surface area contributed by atoms with Gasteiger partial charge in [0.25, 0.3) is 5.91 Å². The molecule has 30 heavy (non-hydrogen) atoms. The summed E-state index contributed by atoms with van der Waals surface area (Å²) in [5.74, 6) is 1.06. The van der Waals surface area contributed by atoms with Crippen molar-refractivity contribution < 1.29 is 19.1 Å². The Hall–Kier alpha value is -2.73. The van der Waals surface area contributed by atoms with E-state index in [4.69, 9.17) is 21.1 Å². The maximum atomic E-state index is 13.1. The van der Waals surface area contributed by atoms with Gasteiger partial charge in [0.15, 0.2) is 11.5 Å². The number of hydrogen-bond donors (Lipinski definition) is 1. The minimum absolute atomic E-state index is 0.00670. The topological polar surface area (TPSA) is 67.9 Å². The van der Waals surface area contributed by atoms with E-state index < -0.39 is 0 Å². The zero-order valence-corrected chi connectivity index (χ0v) is 18.3. The van der Waals surface area contributed by atoms with E-state index in [9.17, 15) is 9.59 Å². The quantitative estimate of drug-likeness (QED) is 0.655. The highest BCUT2D eigenvalue weighted by Crippen LogP contribution is 2.32. The monoisotopic (exact) mass is 430 g/mol. The first-order valence-electron chi connectivity index (χ1n) is 10.2. The summed E-state index contributed by atoms with van der Waals surface area (Å²) >= 11 is 6.14. The first-order valence-corrected chi connectivity index (χ1v) is 10.6. The van der Waals surface area contributed by atoms with Gasteiger partial charge in [-0.3, -0.25) is 9.59 Å². The standard InChI is InChI=1S/C23H27ClN2O4/c1-4-29-20-11-8-16(13-21(20)30-5-2)15(3)25-23(28)18-10-9-17(24)14-19(18)26-12-6-7-22(26)27/h8-11,13-15H,4-7,12H2,1-3H3,(H,25,28). The largest absolute Gasteiger partial charge is 0.490 e. The average Bonchev–Trinajstić information content (AvgIpc) is 3.15. The summed E-state index contributed by atoms with van der Waals surface area (Å²) in [4.78, 5) is 26.9. The Morgan fingerprint density at radius 2 is 1.87 bits per heavy atom. The molecule has 7 heteroatoms. The molecular formula is C23H27ClN2O4. The molecule has 2 amide bonds. The van der Waals surface area contributed by atoms with Gasteiger partial charge in [0, 0.05) is 18.0 Å². The lowest BCUT2D eigenvalue weighted by molar-refractivity contribution is -0.117. The van der Waals surface area contributed by atoms with Crippen molar-refractivity contribution in [3.63, 3.8) is 0 Å². The number of halogens is 1. The Labute approximate surface area is 182 Å². The molecule has 1 aliphatic heterocycles. The van der Waals surface area contributed by atoms with Crippen LogP contribution in [0.25, 0.3) is 0 Å². The molecule has 1 saturated heterocycles. The van der Waals surface area contributed by atoms with Crippen LogP contribution in [0.4, 0.5) is 5.69 Å². The van der Waals surface area contributed by atoms with Gasteiger partial charge in [-0.2, -0.15) is 0 Å². The number of benzene rings is 2. The van der Waals surface area contributed by atoms with Crippen molar-refractivity contribution in [2.75, 3.05) is 24.7 Å². The van der Waals surface area contributed by atoms with Crippen LogP contribution in [-0.2, 0) is 4.79 Å². The van der Waals surface area contributed by atoms with Crippen LogP contribution in [0.1, 0.15) is 55.6 Å². The van der Waals surface area contributed by atoms with Gasteiger partial charge in [-0.25, -0.2) is 0 Å². The molecule has 1 fully saturated rings. The van der Waals surface area contributed by atoms with E-state index in [-0.39, 0.29) is 17.9 Å². The third kappa shape index (κ3) is 4.87. The van der Waals surface area contributed by atoms with E-state index in [0.717, 1.165) is 12.0 Å². The number of rotatable bonds is 8. The fourth-order valence-electron chi connectivity index (χ4n) is 3.52. The summed E-state index contributed by atoms with van der Waals surface area (Å²) in [6.45, 7) is 7.38. The highest BCUT2D eigenvalue weighted by molar-refractivity contribution is 6.31. The zero-order chi connectivity index (χ0) is 21.7. The number of amides is 2. The van der Waals surface area contributed by atoms with Gasteiger partial charge in [-0.15, -0.1) is 0 Å². The molecule has 1 aliphatic rings. The fourth-order valence-corrected chi connectivity index (χ4v) is 3.68. The summed E-state index contributed by atoms with van der Waals surface area (Å²) in [6.07, 6.45) is 1.26. The summed E-state index contributed by atoms with van der Waals surface area (Å²) in [7, 11) is 0. The third-order valence-electron chi connectivity index (χ3n) is 4.98. The average molecular weight is 431 g/mol. The summed E-state index contributed by atoms with van der Waals surface area (Å²) in [6, 6.07) is 10.4. The number of carbonyl (C=O) groups excluding carboxylic acids is 2. The van der Waals surface area contributed by atoms with E-state index in [1.165, 1.54) is 0 Å². The molecule has 0 radical (unpaired) electrons. The number of hydrogen-bond acceptors (Lipinski definition) is 4. The van der Waals surface area contributed by atoms with Crippen molar-refractivity contribution in [3.8, 4) is 11.5 Å². The molecule has 1 N–H and O–H groups in total. The fraction of sp³-hybridized carbons (Fsp3) is 0.391. The number of nitrogens with zero attached hydrogens (tertiary/aromatic N) is 1. The molecule has 0 aliphatic carbocycles. The number of anilines is 1. The van der Waals surface area contributed by atoms with E-state index in [2.05, 4.69) is 5.32 Å². The molecule has 1 heterocycles. The van der Waals surface area contributed by atoms with E-state index >= 15 is 0 Å². The van der Waals surface area contributed by atoms with Crippen LogP contribution in [-0.4, -0.2) is 31.6 Å². The van der Waals surface area contributed by atoms with Crippen molar-refractivity contribution in [1.29, 1.82) is 0 Å². The second kappa shape index (κ2) is 9.85. The molecular weight excluding hydrogens is 404 g/mol. The Morgan fingerprint density at radius 3 is 2.53 bits per heavy atom. The van der Waals surface area contributed by atoms with E-state index in [1.807, 2.05) is 39.0 Å². The Morgan fingerprint density at radius 1 is 1.13 bits per heavy atom. The molecule has 0 saturated carbocycles. The second-order valence-corrected chi connectivity index (χ2v) is 7.51. The van der Waals surface area contributed by atoms with Gasteiger partial charge < -0.3 is 19.7 Å². The van der Waals surface area contributed by atoms with Crippen molar-refractivity contribution >= 4 is 29.1 Å². The summed E-state index contributed by atoms with van der Waals surface area (Å²) in [5, 5.41) is 3.50. The van der Waals surface area contributed by atoms with Crippen LogP contribution >= 0.6 is 11.6 Å². The molecule has 0 aromatic heterocycles. The van der Waals surface area contributed by atoms with Crippen LogP contribution < -0.4 is 19.7 Å². The van der Waals surface area contributed by atoms with Crippen LogP contribution in [0.2, 0.25) is 5.02 Å². The van der Waals surface area contributed by atoms with Crippen LogP contribution in [0.15, 0.2) is 36.4 Å². The first kappa shape index (κ1) is 22.0. The molecule has 3 rings (SSSR count). The van der Waals surface area contributed by atoms with E-state index in [0.29, 0.717) is 54.0 Å². The van der Waals surface area contributed by atoms with E-state index in [1.54, 1.807) is 23.1 Å². The van der Waals surface area contributed by atoms with Crippen molar-refractivity contribution in [2.45, 2.75) is 39.7 Å². The first-order chi connectivity index (χ1) is 14.4. The molecule has 160 valence electrons. The SMILES string of the molecule is CCOc1ccc(C(C)NC(=O)c2ccc(Cl)cc2N2CCCC2=O)cc1OCC. The van der Waals surface area contributed by atoms with Crippen LogP contribution in [0.3, 0.4) is 0 Å². The summed E-state index contributed by atoms with van der Waals surface area (Å²) < 4.78 is 11.3. The Kier molecular flexibility index (Phi) is 7.21. The highest BCUT2D eigenvalue weighted by Gasteiger charge is 2.26. The van der Waals surface area contributed by atoms with Gasteiger partial charge in [-0.05, 0) is 63.1 Å². The lowest BCUT2D eigenvalue weighted by Crippen LogP contribution is -2.31. The Balaban J connectivity index is 1.82. The molecule has 1 atom stereocenters. The van der Waals surface area contributed by atoms with Crippen molar-refractivity contribution in [1.82, 2.24) is 5.32 Å². The zero-order valence-electron chi connectivity index (χ0n) is 17.5. The minimum Gasteiger partial charge on any atom is -0.490 e. The lowest BCUT2D eigenvalue weighted by Gasteiger charge is -2.22. The maximum Gasteiger partial charge on any atom is 0.253 e. The van der Waals surface area contributed by atoms with Gasteiger partial charge in [0.1, 0.15) is 0 Å².